The first-order valence-corrected chi connectivity index (χ1v) is 7.65. The van der Waals surface area contributed by atoms with Gasteiger partial charge in [0.15, 0.2) is 0 Å². The Morgan fingerprint density at radius 2 is 1.87 bits per heavy atom. The van der Waals surface area contributed by atoms with Gasteiger partial charge in [0, 0.05) is 5.39 Å². The number of pyridine rings is 1. The molecule has 0 bridgehead atoms. The molecule has 0 fully saturated rings. The second-order valence-corrected chi connectivity index (χ2v) is 5.11. The molecule has 0 aliphatic carbocycles. The van der Waals surface area contributed by atoms with Gasteiger partial charge in [-0.3, -0.25) is 0 Å². The Hall–Kier alpha value is -2.81. The number of rotatable bonds is 5. The van der Waals surface area contributed by atoms with Crippen LogP contribution in [0.25, 0.3) is 23.1 Å². The molecule has 1 aromatic heterocycles. The molecule has 0 aliphatic heterocycles. The van der Waals surface area contributed by atoms with E-state index in [1.165, 1.54) is 0 Å². The molecule has 0 aliphatic rings. The standard InChI is InChI=1S/C20H19NO2/c1-3-23-18-8-4-6-15(14-18)10-12-17-13-11-16-7-5-9-19(22-2)20(16)21-17/h4-14H,3H2,1-2H3/b12-10+. The first-order valence-electron chi connectivity index (χ1n) is 7.65. The van der Waals surface area contributed by atoms with Crippen molar-refractivity contribution < 1.29 is 9.47 Å². The van der Waals surface area contributed by atoms with E-state index in [2.05, 4.69) is 11.1 Å². The summed E-state index contributed by atoms with van der Waals surface area (Å²) in [7, 11) is 1.66. The van der Waals surface area contributed by atoms with Gasteiger partial charge in [0.1, 0.15) is 17.0 Å². The summed E-state index contributed by atoms with van der Waals surface area (Å²) in [6.45, 7) is 2.65. The zero-order valence-corrected chi connectivity index (χ0v) is 13.3. The molecule has 3 nitrogen and oxygen atoms in total. The molecule has 0 saturated carbocycles. The van der Waals surface area contributed by atoms with Crippen LogP contribution in [0.4, 0.5) is 0 Å². The highest BCUT2D eigenvalue weighted by molar-refractivity contribution is 5.86. The van der Waals surface area contributed by atoms with Crippen molar-refractivity contribution in [2.24, 2.45) is 0 Å². The fourth-order valence-corrected chi connectivity index (χ4v) is 2.45. The van der Waals surface area contributed by atoms with Gasteiger partial charge >= 0.3 is 0 Å². The minimum absolute atomic E-state index is 0.666. The molecular weight excluding hydrogens is 286 g/mol. The average molecular weight is 305 g/mol. The van der Waals surface area contributed by atoms with Gasteiger partial charge in [0.05, 0.1) is 19.4 Å². The van der Waals surface area contributed by atoms with E-state index in [1.54, 1.807) is 7.11 Å². The highest BCUT2D eigenvalue weighted by atomic mass is 16.5. The number of fused-ring (bicyclic) bond motifs is 1. The SMILES string of the molecule is CCOc1cccc(/C=C/c2ccc3cccc(OC)c3n2)c1. The molecule has 3 rings (SSSR count). The molecule has 0 atom stereocenters. The van der Waals surface area contributed by atoms with E-state index in [0.29, 0.717) is 6.61 Å². The second-order valence-electron chi connectivity index (χ2n) is 5.11. The Morgan fingerprint density at radius 3 is 2.70 bits per heavy atom. The molecule has 0 N–H and O–H groups in total. The van der Waals surface area contributed by atoms with Crippen molar-refractivity contribution in [1.82, 2.24) is 4.98 Å². The van der Waals surface area contributed by atoms with Crippen molar-refractivity contribution in [3.63, 3.8) is 0 Å². The summed E-state index contributed by atoms with van der Waals surface area (Å²) in [6.07, 6.45) is 4.03. The van der Waals surface area contributed by atoms with Crippen LogP contribution >= 0.6 is 0 Å². The molecule has 23 heavy (non-hydrogen) atoms. The highest BCUT2D eigenvalue weighted by Crippen LogP contribution is 2.24. The lowest BCUT2D eigenvalue weighted by Gasteiger charge is -2.05. The molecule has 0 saturated heterocycles. The molecule has 3 aromatic rings. The van der Waals surface area contributed by atoms with Crippen molar-refractivity contribution in [2.45, 2.75) is 6.92 Å². The van der Waals surface area contributed by atoms with Crippen LogP contribution in [0.2, 0.25) is 0 Å². The smallest absolute Gasteiger partial charge is 0.145 e. The average Bonchev–Trinajstić information content (AvgIpc) is 2.60. The molecule has 3 heteroatoms. The van der Waals surface area contributed by atoms with Crippen LogP contribution in [0.15, 0.2) is 54.6 Å². The van der Waals surface area contributed by atoms with Gasteiger partial charge in [-0.05, 0) is 42.8 Å². The van der Waals surface area contributed by atoms with Gasteiger partial charge in [-0.1, -0.05) is 36.4 Å². The third-order valence-electron chi connectivity index (χ3n) is 3.54. The maximum atomic E-state index is 5.52. The summed E-state index contributed by atoms with van der Waals surface area (Å²) in [5.41, 5.74) is 2.85. The van der Waals surface area contributed by atoms with Crippen LogP contribution in [-0.2, 0) is 0 Å². The highest BCUT2D eigenvalue weighted by Gasteiger charge is 2.02. The minimum atomic E-state index is 0.666. The van der Waals surface area contributed by atoms with E-state index in [4.69, 9.17) is 9.47 Å². The van der Waals surface area contributed by atoms with E-state index in [1.807, 2.05) is 67.6 Å². The van der Waals surface area contributed by atoms with Crippen LogP contribution in [0.1, 0.15) is 18.2 Å². The number of benzene rings is 2. The number of ether oxygens (including phenoxy) is 2. The lowest BCUT2D eigenvalue weighted by Crippen LogP contribution is -1.91. The van der Waals surface area contributed by atoms with Crippen molar-refractivity contribution in [1.29, 1.82) is 0 Å². The van der Waals surface area contributed by atoms with Crippen LogP contribution < -0.4 is 9.47 Å². The van der Waals surface area contributed by atoms with Gasteiger partial charge in [-0.25, -0.2) is 4.98 Å². The summed E-state index contributed by atoms with van der Waals surface area (Å²) in [5.74, 6) is 1.67. The van der Waals surface area contributed by atoms with Crippen LogP contribution in [-0.4, -0.2) is 18.7 Å². The topological polar surface area (TPSA) is 31.4 Å². The summed E-state index contributed by atoms with van der Waals surface area (Å²) in [4.78, 5) is 4.68. The van der Waals surface area contributed by atoms with Crippen LogP contribution in [0.5, 0.6) is 11.5 Å². The van der Waals surface area contributed by atoms with Gasteiger partial charge in [0.25, 0.3) is 0 Å². The Balaban J connectivity index is 1.90. The first kappa shape index (κ1) is 15.1. The fraction of sp³-hybridized carbons (Fsp3) is 0.150. The van der Waals surface area contributed by atoms with Gasteiger partial charge in [-0.15, -0.1) is 0 Å². The van der Waals surface area contributed by atoms with Gasteiger partial charge < -0.3 is 9.47 Å². The minimum Gasteiger partial charge on any atom is -0.494 e. The number of nitrogens with zero attached hydrogens (tertiary/aromatic N) is 1. The summed E-state index contributed by atoms with van der Waals surface area (Å²) in [6, 6.07) is 18.0. The van der Waals surface area contributed by atoms with E-state index in [9.17, 15) is 0 Å². The number of hydrogen-bond donors (Lipinski definition) is 0. The first-order chi connectivity index (χ1) is 11.3. The summed E-state index contributed by atoms with van der Waals surface area (Å²) >= 11 is 0. The van der Waals surface area contributed by atoms with E-state index in [-0.39, 0.29) is 0 Å². The van der Waals surface area contributed by atoms with Crippen LogP contribution in [0.3, 0.4) is 0 Å². The van der Waals surface area contributed by atoms with Gasteiger partial charge in [0.2, 0.25) is 0 Å². The third kappa shape index (κ3) is 3.51. The molecule has 0 amide bonds. The number of methoxy groups -OCH3 is 1. The molecule has 0 radical (unpaired) electrons. The lowest BCUT2D eigenvalue weighted by molar-refractivity contribution is 0.340. The van der Waals surface area contributed by atoms with Crippen molar-refractivity contribution in [3.05, 3.63) is 65.9 Å². The van der Waals surface area contributed by atoms with Crippen molar-refractivity contribution in [3.8, 4) is 11.5 Å². The lowest BCUT2D eigenvalue weighted by atomic mass is 10.1. The normalized spacial score (nSPS) is 11.0. The molecular formula is C20H19NO2. The quantitative estimate of drug-likeness (QED) is 0.677. The van der Waals surface area contributed by atoms with E-state index in [0.717, 1.165) is 33.7 Å². The Labute approximate surface area is 136 Å². The number of para-hydroxylation sites is 1. The fourth-order valence-electron chi connectivity index (χ4n) is 2.45. The predicted octanol–water partition coefficient (Wildman–Crippen LogP) is 4.81. The monoisotopic (exact) mass is 305 g/mol. The molecule has 0 spiro atoms. The predicted molar refractivity (Wildman–Crippen MR) is 94.8 cm³/mol. The maximum Gasteiger partial charge on any atom is 0.145 e. The summed E-state index contributed by atoms with van der Waals surface area (Å²) < 4.78 is 10.9. The maximum absolute atomic E-state index is 5.52. The zero-order valence-electron chi connectivity index (χ0n) is 13.3. The van der Waals surface area contributed by atoms with Crippen molar-refractivity contribution in [2.75, 3.05) is 13.7 Å². The largest absolute Gasteiger partial charge is 0.494 e. The zero-order chi connectivity index (χ0) is 16.1. The van der Waals surface area contributed by atoms with Crippen LogP contribution in [0, 0.1) is 0 Å². The molecule has 0 unspecified atom stereocenters. The van der Waals surface area contributed by atoms with E-state index >= 15 is 0 Å². The Morgan fingerprint density at radius 1 is 1.00 bits per heavy atom. The number of aromatic nitrogens is 1. The van der Waals surface area contributed by atoms with Gasteiger partial charge in [-0.2, -0.15) is 0 Å². The number of hydrogen-bond acceptors (Lipinski definition) is 3. The molecule has 116 valence electrons. The third-order valence-corrected chi connectivity index (χ3v) is 3.54. The Kier molecular flexibility index (Phi) is 4.57. The summed E-state index contributed by atoms with van der Waals surface area (Å²) in [5, 5.41) is 1.07. The Bertz CT molecular complexity index is 840. The molecule has 1 heterocycles. The van der Waals surface area contributed by atoms with Crippen molar-refractivity contribution >= 4 is 23.1 Å². The molecule has 2 aromatic carbocycles. The van der Waals surface area contributed by atoms with E-state index < -0.39 is 0 Å². The second kappa shape index (κ2) is 6.97.